The van der Waals surface area contributed by atoms with Crippen molar-refractivity contribution in [3.63, 3.8) is 0 Å². The number of carbonyl (C=O) groups excluding carboxylic acids is 2. The molecule has 4 N–H and O–H groups in total. The highest BCUT2D eigenvalue weighted by molar-refractivity contribution is 5.94. The number of nitrogens with one attached hydrogen (secondary N) is 2. The third kappa shape index (κ3) is 7.04. The summed E-state index contributed by atoms with van der Waals surface area (Å²) in [5.74, 6) is -1.98. The Balaban J connectivity index is 2.32. The van der Waals surface area contributed by atoms with Gasteiger partial charge < -0.3 is 16.4 Å². The predicted octanol–water partition coefficient (Wildman–Crippen LogP) is 1.96. The predicted molar refractivity (Wildman–Crippen MR) is 88.4 cm³/mol. The van der Waals surface area contributed by atoms with Gasteiger partial charge in [-0.25, -0.2) is 8.78 Å². The lowest BCUT2D eigenvalue weighted by Crippen LogP contribution is -2.41. The second-order valence-electron chi connectivity index (χ2n) is 6.11. The van der Waals surface area contributed by atoms with Gasteiger partial charge >= 0.3 is 0 Å². The van der Waals surface area contributed by atoms with Gasteiger partial charge in [-0.1, -0.05) is 13.8 Å². The van der Waals surface area contributed by atoms with Gasteiger partial charge in [0, 0.05) is 31.6 Å². The molecule has 7 heteroatoms. The first-order valence-corrected chi connectivity index (χ1v) is 8.06. The first kappa shape index (κ1) is 20.0. The van der Waals surface area contributed by atoms with Crippen LogP contribution >= 0.6 is 0 Å². The number of carbonyl (C=O) groups is 2. The molecule has 0 fully saturated rings. The molecule has 0 aliphatic heterocycles. The monoisotopic (exact) mass is 341 g/mol. The fourth-order valence-corrected chi connectivity index (χ4v) is 2.30. The Morgan fingerprint density at radius 3 is 2.54 bits per heavy atom. The van der Waals surface area contributed by atoms with E-state index in [0.29, 0.717) is 24.9 Å². The van der Waals surface area contributed by atoms with Gasteiger partial charge in [0.1, 0.15) is 11.6 Å². The van der Waals surface area contributed by atoms with Crippen LogP contribution in [0.5, 0.6) is 0 Å². The molecule has 0 spiro atoms. The Morgan fingerprint density at radius 1 is 1.25 bits per heavy atom. The third-order valence-corrected chi connectivity index (χ3v) is 3.45. The van der Waals surface area contributed by atoms with Gasteiger partial charge in [-0.05, 0) is 30.9 Å². The summed E-state index contributed by atoms with van der Waals surface area (Å²) in [5.41, 5.74) is 5.40. The molecule has 0 aliphatic carbocycles. The van der Waals surface area contributed by atoms with E-state index in [9.17, 15) is 18.4 Å². The third-order valence-electron chi connectivity index (χ3n) is 3.45. The second kappa shape index (κ2) is 9.97. The van der Waals surface area contributed by atoms with Gasteiger partial charge in [-0.3, -0.25) is 9.59 Å². The van der Waals surface area contributed by atoms with E-state index in [4.69, 9.17) is 5.73 Å². The maximum Gasteiger partial charge on any atom is 0.254 e. The lowest BCUT2D eigenvalue weighted by Gasteiger charge is -2.18. The fraction of sp³-hybridized carbons (Fsp3) is 0.529. The normalized spacial score (nSPS) is 12.1. The van der Waals surface area contributed by atoms with Crippen molar-refractivity contribution in [2.45, 2.75) is 39.2 Å². The van der Waals surface area contributed by atoms with E-state index in [1.165, 1.54) is 0 Å². The van der Waals surface area contributed by atoms with Crippen molar-refractivity contribution in [1.29, 1.82) is 0 Å². The summed E-state index contributed by atoms with van der Waals surface area (Å²) < 4.78 is 26.2. The van der Waals surface area contributed by atoms with E-state index < -0.39 is 17.5 Å². The number of rotatable bonds is 9. The largest absolute Gasteiger partial charge is 0.352 e. The van der Waals surface area contributed by atoms with Crippen molar-refractivity contribution >= 4 is 11.8 Å². The number of hydrogen-bond donors (Lipinski definition) is 3. The van der Waals surface area contributed by atoms with Crippen molar-refractivity contribution in [3.05, 3.63) is 35.4 Å². The molecule has 24 heavy (non-hydrogen) atoms. The molecule has 2 amide bonds. The van der Waals surface area contributed by atoms with Crippen LogP contribution in [0.4, 0.5) is 8.78 Å². The minimum absolute atomic E-state index is 0.0552. The second-order valence-corrected chi connectivity index (χ2v) is 6.11. The molecule has 0 saturated carbocycles. The van der Waals surface area contributed by atoms with Crippen molar-refractivity contribution in [2.75, 3.05) is 13.1 Å². The fourth-order valence-electron chi connectivity index (χ4n) is 2.30. The average molecular weight is 341 g/mol. The van der Waals surface area contributed by atoms with Crippen LogP contribution in [-0.2, 0) is 4.79 Å². The highest BCUT2D eigenvalue weighted by Gasteiger charge is 2.14. The maximum absolute atomic E-state index is 13.4. The van der Waals surface area contributed by atoms with Crippen LogP contribution in [0.3, 0.4) is 0 Å². The lowest BCUT2D eigenvalue weighted by atomic mass is 10.0. The van der Waals surface area contributed by atoms with Crippen LogP contribution in [0.2, 0.25) is 0 Å². The van der Waals surface area contributed by atoms with Gasteiger partial charge in [0.15, 0.2) is 0 Å². The van der Waals surface area contributed by atoms with Crippen LogP contribution in [-0.4, -0.2) is 30.9 Å². The molecule has 134 valence electrons. The summed E-state index contributed by atoms with van der Waals surface area (Å²) in [6.07, 6.45) is 1.46. The van der Waals surface area contributed by atoms with Crippen LogP contribution in [0, 0.1) is 17.6 Å². The standard InChI is InChI=1S/C17H25F2N3O2/c1-11(2)8-13(10-20)22-16(23)4-3-7-21-17(24)14-6-5-12(18)9-15(14)19/h5-6,9,11,13H,3-4,7-8,10,20H2,1-2H3,(H,21,24)(H,22,23). The van der Waals surface area contributed by atoms with Crippen molar-refractivity contribution in [2.24, 2.45) is 11.7 Å². The number of nitrogens with two attached hydrogens (primary N) is 1. The molecule has 1 rings (SSSR count). The Bertz CT molecular complexity index is 565. The average Bonchev–Trinajstić information content (AvgIpc) is 2.50. The smallest absolute Gasteiger partial charge is 0.254 e. The van der Waals surface area contributed by atoms with Gasteiger partial charge in [-0.2, -0.15) is 0 Å². The van der Waals surface area contributed by atoms with Crippen LogP contribution in [0.25, 0.3) is 0 Å². The molecule has 0 saturated heterocycles. The summed E-state index contributed by atoms with van der Waals surface area (Å²) in [7, 11) is 0. The summed E-state index contributed by atoms with van der Waals surface area (Å²) >= 11 is 0. The highest BCUT2D eigenvalue weighted by Crippen LogP contribution is 2.09. The Hall–Kier alpha value is -2.02. The lowest BCUT2D eigenvalue weighted by molar-refractivity contribution is -0.121. The zero-order chi connectivity index (χ0) is 18.1. The SMILES string of the molecule is CC(C)CC(CN)NC(=O)CCCNC(=O)c1ccc(F)cc1F. The molecular weight excluding hydrogens is 316 g/mol. The number of halogens is 2. The van der Waals surface area contributed by atoms with Gasteiger partial charge in [-0.15, -0.1) is 0 Å². The Labute approximate surface area is 141 Å². The van der Waals surface area contributed by atoms with Gasteiger partial charge in [0.25, 0.3) is 5.91 Å². The van der Waals surface area contributed by atoms with Gasteiger partial charge in [0.2, 0.25) is 5.91 Å². The first-order valence-electron chi connectivity index (χ1n) is 8.06. The van der Waals surface area contributed by atoms with Crippen molar-refractivity contribution in [1.82, 2.24) is 10.6 Å². The molecule has 0 radical (unpaired) electrons. The van der Waals surface area contributed by atoms with Crippen molar-refractivity contribution in [3.8, 4) is 0 Å². The van der Waals surface area contributed by atoms with E-state index in [-0.39, 0.29) is 30.5 Å². The summed E-state index contributed by atoms with van der Waals surface area (Å²) in [4.78, 5) is 23.6. The maximum atomic E-state index is 13.4. The number of amides is 2. The number of benzene rings is 1. The molecule has 1 atom stereocenters. The molecule has 1 aromatic carbocycles. The molecule has 0 aromatic heterocycles. The molecule has 0 aliphatic rings. The van der Waals surface area contributed by atoms with E-state index in [1.54, 1.807) is 0 Å². The number of hydrogen-bond acceptors (Lipinski definition) is 3. The zero-order valence-corrected chi connectivity index (χ0v) is 14.1. The quantitative estimate of drug-likeness (QED) is 0.600. The molecule has 5 nitrogen and oxygen atoms in total. The van der Waals surface area contributed by atoms with Crippen LogP contribution in [0.1, 0.15) is 43.5 Å². The van der Waals surface area contributed by atoms with E-state index >= 15 is 0 Å². The molecule has 0 bridgehead atoms. The van der Waals surface area contributed by atoms with Crippen LogP contribution in [0.15, 0.2) is 18.2 Å². The van der Waals surface area contributed by atoms with Crippen LogP contribution < -0.4 is 16.4 Å². The first-order chi connectivity index (χ1) is 11.3. The Morgan fingerprint density at radius 2 is 1.96 bits per heavy atom. The highest BCUT2D eigenvalue weighted by atomic mass is 19.1. The molecule has 1 aromatic rings. The van der Waals surface area contributed by atoms with E-state index in [0.717, 1.165) is 18.6 Å². The summed E-state index contributed by atoms with van der Waals surface area (Å²) in [5, 5.41) is 5.36. The van der Waals surface area contributed by atoms with Crippen molar-refractivity contribution < 1.29 is 18.4 Å². The Kier molecular flexibility index (Phi) is 8.32. The summed E-state index contributed by atoms with van der Waals surface area (Å²) in [6.45, 7) is 4.71. The topological polar surface area (TPSA) is 84.2 Å². The molecule has 0 heterocycles. The summed E-state index contributed by atoms with van der Waals surface area (Å²) in [6, 6.07) is 2.71. The zero-order valence-electron chi connectivity index (χ0n) is 14.1. The molecular formula is C17H25F2N3O2. The molecule has 1 unspecified atom stereocenters. The minimum Gasteiger partial charge on any atom is -0.352 e. The van der Waals surface area contributed by atoms with E-state index in [2.05, 4.69) is 24.5 Å². The van der Waals surface area contributed by atoms with E-state index in [1.807, 2.05) is 0 Å². The van der Waals surface area contributed by atoms with Gasteiger partial charge in [0.05, 0.1) is 5.56 Å². The minimum atomic E-state index is -0.912.